The predicted molar refractivity (Wildman–Crippen MR) is 123 cm³/mol. The molecule has 1 unspecified atom stereocenters. The van der Waals surface area contributed by atoms with Crippen molar-refractivity contribution in [3.63, 3.8) is 0 Å². The summed E-state index contributed by atoms with van der Waals surface area (Å²) in [6.07, 6.45) is 1.02. The third-order valence-corrected chi connectivity index (χ3v) is 5.43. The third kappa shape index (κ3) is 4.17. The Bertz CT molecular complexity index is 1190. The SMILES string of the molecule is COc1ccc(C=C2C(=O)c3cc(O)ccc3OC2c2cc(OC)c(OC)c(OC)c2)cc1. The molecule has 7 heteroatoms. The number of methoxy groups -OCH3 is 4. The van der Waals surface area contributed by atoms with Gasteiger partial charge < -0.3 is 28.8 Å². The van der Waals surface area contributed by atoms with Gasteiger partial charge in [-0.15, -0.1) is 0 Å². The Labute approximate surface area is 191 Å². The van der Waals surface area contributed by atoms with Gasteiger partial charge >= 0.3 is 0 Å². The molecule has 0 radical (unpaired) electrons. The van der Waals surface area contributed by atoms with E-state index in [9.17, 15) is 9.90 Å². The zero-order valence-electron chi connectivity index (χ0n) is 18.7. The van der Waals surface area contributed by atoms with Crippen molar-refractivity contribution in [1.82, 2.24) is 0 Å². The van der Waals surface area contributed by atoms with Crippen molar-refractivity contribution in [3.05, 3.63) is 76.9 Å². The summed E-state index contributed by atoms with van der Waals surface area (Å²) in [5.74, 6) is 2.16. The lowest BCUT2D eigenvalue weighted by Crippen LogP contribution is -2.24. The Morgan fingerprint density at radius 3 is 2.09 bits per heavy atom. The third-order valence-electron chi connectivity index (χ3n) is 5.43. The molecular formula is C26H24O7. The number of phenolic OH excluding ortho intramolecular Hbond substituents is 1. The van der Waals surface area contributed by atoms with Crippen LogP contribution in [0, 0.1) is 0 Å². The molecule has 33 heavy (non-hydrogen) atoms. The lowest BCUT2D eigenvalue weighted by Gasteiger charge is -2.29. The Morgan fingerprint density at radius 1 is 0.848 bits per heavy atom. The normalized spacial score (nSPS) is 16.1. The molecule has 0 fully saturated rings. The van der Waals surface area contributed by atoms with Crippen LogP contribution in [0.2, 0.25) is 0 Å². The molecule has 3 aromatic carbocycles. The topological polar surface area (TPSA) is 83.5 Å². The number of ketones is 1. The molecule has 7 nitrogen and oxygen atoms in total. The lowest BCUT2D eigenvalue weighted by atomic mass is 9.89. The minimum absolute atomic E-state index is 0.0132. The number of carbonyl (C=O) groups is 1. The van der Waals surface area contributed by atoms with Crippen LogP contribution in [0.3, 0.4) is 0 Å². The highest BCUT2D eigenvalue weighted by molar-refractivity contribution is 6.15. The Balaban J connectivity index is 1.89. The summed E-state index contributed by atoms with van der Waals surface area (Å²) in [4.78, 5) is 13.5. The van der Waals surface area contributed by atoms with E-state index in [1.54, 1.807) is 31.4 Å². The van der Waals surface area contributed by atoms with Crippen molar-refractivity contribution < 1.29 is 33.6 Å². The summed E-state index contributed by atoms with van der Waals surface area (Å²) in [6.45, 7) is 0. The largest absolute Gasteiger partial charge is 0.508 e. The van der Waals surface area contributed by atoms with Gasteiger partial charge in [0.2, 0.25) is 5.75 Å². The van der Waals surface area contributed by atoms with Gasteiger partial charge in [-0.1, -0.05) is 12.1 Å². The summed E-state index contributed by atoms with van der Waals surface area (Å²) in [6, 6.07) is 15.3. The molecule has 1 aliphatic heterocycles. The van der Waals surface area contributed by atoms with Crippen molar-refractivity contribution in [3.8, 4) is 34.5 Å². The van der Waals surface area contributed by atoms with Crippen LogP contribution in [-0.4, -0.2) is 39.3 Å². The average molecular weight is 448 g/mol. The van der Waals surface area contributed by atoms with Crippen LogP contribution in [-0.2, 0) is 0 Å². The van der Waals surface area contributed by atoms with Crippen molar-refractivity contribution in [2.45, 2.75) is 6.10 Å². The molecule has 1 atom stereocenters. The van der Waals surface area contributed by atoms with Gasteiger partial charge in [-0.3, -0.25) is 4.79 Å². The molecule has 170 valence electrons. The fourth-order valence-corrected chi connectivity index (χ4v) is 3.78. The van der Waals surface area contributed by atoms with E-state index in [1.165, 1.54) is 33.5 Å². The number of aromatic hydroxyl groups is 1. The summed E-state index contributed by atoms with van der Waals surface area (Å²) < 4.78 is 27.9. The van der Waals surface area contributed by atoms with Gasteiger partial charge in [-0.05, 0) is 54.1 Å². The minimum atomic E-state index is -0.745. The molecule has 1 N–H and O–H groups in total. The number of rotatable bonds is 6. The van der Waals surface area contributed by atoms with Crippen LogP contribution in [0.15, 0.2) is 60.2 Å². The van der Waals surface area contributed by atoms with Crippen molar-refractivity contribution in [2.24, 2.45) is 0 Å². The lowest BCUT2D eigenvalue weighted by molar-refractivity contribution is 0.0962. The highest BCUT2D eigenvalue weighted by atomic mass is 16.5. The van der Waals surface area contributed by atoms with E-state index in [0.29, 0.717) is 45.4 Å². The van der Waals surface area contributed by atoms with Crippen LogP contribution in [0.25, 0.3) is 6.08 Å². The molecule has 0 aliphatic carbocycles. The first-order chi connectivity index (χ1) is 16.0. The first-order valence-corrected chi connectivity index (χ1v) is 10.2. The number of fused-ring (bicyclic) bond motifs is 1. The van der Waals surface area contributed by atoms with Gasteiger partial charge in [-0.2, -0.15) is 0 Å². The number of carbonyl (C=O) groups excluding carboxylic acids is 1. The standard InChI is InChI=1S/C26H24O7/c1-29-18-8-5-15(6-9-18)11-20-24(28)19-14-17(27)7-10-21(19)33-25(20)16-12-22(30-2)26(32-4)23(13-16)31-3/h5-14,25,27H,1-4H3. The molecule has 0 saturated heterocycles. The van der Waals surface area contributed by atoms with Gasteiger partial charge in [0, 0.05) is 11.1 Å². The van der Waals surface area contributed by atoms with Crippen LogP contribution in [0.5, 0.6) is 34.5 Å². The maximum Gasteiger partial charge on any atom is 0.203 e. The molecule has 3 aromatic rings. The maximum absolute atomic E-state index is 13.5. The first-order valence-electron chi connectivity index (χ1n) is 10.2. The first kappa shape index (κ1) is 22.1. The van der Waals surface area contributed by atoms with Crippen LogP contribution in [0.4, 0.5) is 0 Å². The highest BCUT2D eigenvalue weighted by Crippen LogP contribution is 2.45. The van der Waals surface area contributed by atoms with E-state index in [2.05, 4.69) is 0 Å². The van der Waals surface area contributed by atoms with Crippen molar-refractivity contribution in [1.29, 1.82) is 0 Å². The fraction of sp³-hybridized carbons (Fsp3) is 0.192. The molecule has 1 heterocycles. The highest BCUT2D eigenvalue weighted by Gasteiger charge is 2.34. The zero-order chi connectivity index (χ0) is 23.5. The van der Waals surface area contributed by atoms with Gasteiger partial charge in [0.1, 0.15) is 17.2 Å². The van der Waals surface area contributed by atoms with E-state index >= 15 is 0 Å². The van der Waals surface area contributed by atoms with Gasteiger partial charge in [-0.25, -0.2) is 0 Å². The predicted octanol–water partition coefficient (Wildman–Crippen LogP) is 4.83. The summed E-state index contributed by atoms with van der Waals surface area (Å²) in [7, 11) is 6.18. The molecule has 1 aliphatic rings. The summed E-state index contributed by atoms with van der Waals surface area (Å²) in [5.41, 5.74) is 2.13. The number of phenols is 1. The number of benzene rings is 3. The second kappa shape index (κ2) is 9.16. The number of hydrogen-bond donors (Lipinski definition) is 1. The Hall–Kier alpha value is -4.13. The zero-order valence-corrected chi connectivity index (χ0v) is 18.7. The van der Waals surface area contributed by atoms with Gasteiger partial charge in [0.05, 0.1) is 34.0 Å². The van der Waals surface area contributed by atoms with E-state index in [0.717, 1.165) is 5.56 Å². The molecule has 0 saturated carbocycles. The number of hydrogen-bond acceptors (Lipinski definition) is 7. The van der Waals surface area contributed by atoms with Crippen LogP contribution < -0.4 is 23.7 Å². The molecule has 0 bridgehead atoms. The monoisotopic (exact) mass is 448 g/mol. The number of Topliss-reactive ketones (excluding diaryl/α,β-unsaturated/α-hetero) is 1. The van der Waals surface area contributed by atoms with Crippen LogP contribution in [0.1, 0.15) is 27.6 Å². The average Bonchev–Trinajstić information content (AvgIpc) is 2.85. The minimum Gasteiger partial charge on any atom is -0.508 e. The Kier molecular flexibility index (Phi) is 6.13. The van der Waals surface area contributed by atoms with Gasteiger partial charge in [0.25, 0.3) is 0 Å². The maximum atomic E-state index is 13.5. The molecule has 0 spiro atoms. The van der Waals surface area contributed by atoms with Crippen molar-refractivity contribution >= 4 is 11.9 Å². The second-order valence-electron chi connectivity index (χ2n) is 7.34. The van der Waals surface area contributed by atoms with Gasteiger partial charge in [0.15, 0.2) is 23.4 Å². The van der Waals surface area contributed by atoms with E-state index < -0.39 is 6.10 Å². The smallest absolute Gasteiger partial charge is 0.203 e. The Morgan fingerprint density at radius 2 is 1.52 bits per heavy atom. The summed E-state index contributed by atoms with van der Waals surface area (Å²) >= 11 is 0. The quantitative estimate of drug-likeness (QED) is 0.541. The number of ether oxygens (including phenoxy) is 5. The fourth-order valence-electron chi connectivity index (χ4n) is 3.78. The van der Waals surface area contributed by atoms with Crippen molar-refractivity contribution in [2.75, 3.05) is 28.4 Å². The van der Waals surface area contributed by atoms with E-state index in [4.69, 9.17) is 23.7 Å². The van der Waals surface area contributed by atoms with Crippen LogP contribution >= 0.6 is 0 Å². The summed E-state index contributed by atoms with van der Waals surface area (Å²) in [5, 5.41) is 9.93. The molecule has 4 rings (SSSR count). The molecule has 0 aromatic heterocycles. The second-order valence-corrected chi connectivity index (χ2v) is 7.34. The van der Waals surface area contributed by atoms with E-state index in [-0.39, 0.29) is 11.5 Å². The van der Waals surface area contributed by atoms with E-state index in [1.807, 2.05) is 24.3 Å². The molecular weight excluding hydrogens is 424 g/mol. The molecule has 0 amide bonds.